The smallest absolute Gasteiger partial charge is 0.255 e. The SMILES string of the molecule is Cc1nc(-c2ccc(OCC(N)=O)cc2)no1. The van der Waals surface area contributed by atoms with Crippen LogP contribution >= 0.6 is 0 Å². The maximum absolute atomic E-state index is 10.5. The lowest BCUT2D eigenvalue weighted by Gasteiger charge is -2.03. The Morgan fingerprint density at radius 3 is 2.65 bits per heavy atom. The monoisotopic (exact) mass is 233 g/mol. The second-order valence-corrected chi connectivity index (χ2v) is 3.42. The molecule has 1 aromatic heterocycles. The van der Waals surface area contributed by atoms with Gasteiger partial charge in [-0.15, -0.1) is 0 Å². The van der Waals surface area contributed by atoms with Crippen molar-refractivity contribution in [2.45, 2.75) is 6.92 Å². The Balaban J connectivity index is 2.10. The van der Waals surface area contributed by atoms with Crippen LogP contribution in [0.25, 0.3) is 11.4 Å². The molecule has 2 rings (SSSR count). The van der Waals surface area contributed by atoms with Crippen molar-refractivity contribution in [2.75, 3.05) is 6.61 Å². The minimum Gasteiger partial charge on any atom is -0.484 e. The fourth-order valence-corrected chi connectivity index (χ4v) is 1.27. The van der Waals surface area contributed by atoms with Crippen molar-refractivity contribution >= 4 is 5.91 Å². The average molecular weight is 233 g/mol. The molecule has 1 aromatic carbocycles. The molecular formula is C11H11N3O3. The van der Waals surface area contributed by atoms with Crippen molar-refractivity contribution in [1.29, 1.82) is 0 Å². The third-order valence-electron chi connectivity index (χ3n) is 2.02. The highest BCUT2D eigenvalue weighted by Gasteiger charge is 2.05. The summed E-state index contributed by atoms with van der Waals surface area (Å²) < 4.78 is 10.00. The molecule has 0 spiro atoms. The number of hydrogen-bond donors (Lipinski definition) is 1. The van der Waals surface area contributed by atoms with Gasteiger partial charge in [-0.3, -0.25) is 4.79 Å². The molecule has 6 heteroatoms. The second-order valence-electron chi connectivity index (χ2n) is 3.42. The maximum atomic E-state index is 10.5. The summed E-state index contributed by atoms with van der Waals surface area (Å²) in [5.41, 5.74) is 5.78. The number of nitrogens with two attached hydrogens (primary N) is 1. The summed E-state index contributed by atoms with van der Waals surface area (Å²) in [4.78, 5) is 14.6. The van der Waals surface area contributed by atoms with Crippen molar-refractivity contribution in [3.05, 3.63) is 30.2 Å². The molecule has 0 atom stereocenters. The first-order chi connectivity index (χ1) is 8.15. The average Bonchev–Trinajstić information content (AvgIpc) is 2.74. The molecule has 0 saturated heterocycles. The van der Waals surface area contributed by atoms with E-state index >= 15 is 0 Å². The van der Waals surface area contributed by atoms with Crippen LogP contribution < -0.4 is 10.5 Å². The molecule has 0 aliphatic heterocycles. The van der Waals surface area contributed by atoms with Gasteiger partial charge >= 0.3 is 0 Å². The third kappa shape index (κ3) is 2.81. The van der Waals surface area contributed by atoms with Crippen molar-refractivity contribution in [3.8, 4) is 17.1 Å². The van der Waals surface area contributed by atoms with Gasteiger partial charge in [0.05, 0.1) is 0 Å². The Morgan fingerprint density at radius 1 is 1.41 bits per heavy atom. The molecule has 0 fully saturated rings. The number of aromatic nitrogens is 2. The van der Waals surface area contributed by atoms with Crippen LogP contribution in [0.4, 0.5) is 0 Å². The number of carbonyl (C=O) groups is 1. The Morgan fingerprint density at radius 2 is 2.12 bits per heavy atom. The number of hydrogen-bond acceptors (Lipinski definition) is 5. The van der Waals surface area contributed by atoms with Gasteiger partial charge in [0, 0.05) is 12.5 Å². The molecule has 0 radical (unpaired) electrons. The van der Waals surface area contributed by atoms with Gasteiger partial charge in [-0.2, -0.15) is 4.98 Å². The van der Waals surface area contributed by atoms with E-state index in [4.69, 9.17) is 15.0 Å². The highest BCUT2D eigenvalue weighted by molar-refractivity contribution is 5.75. The van der Waals surface area contributed by atoms with E-state index in [0.717, 1.165) is 5.56 Å². The molecule has 1 heterocycles. The molecule has 0 unspecified atom stereocenters. The van der Waals surface area contributed by atoms with E-state index in [2.05, 4.69) is 10.1 Å². The molecule has 1 amide bonds. The van der Waals surface area contributed by atoms with Gasteiger partial charge in [-0.25, -0.2) is 0 Å². The van der Waals surface area contributed by atoms with Crippen LogP contribution in [0.5, 0.6) is 5.75 Å². The summed E-state index contributed by atoms with van der Waals surface area (Å²) in [6, 6.07) is 6.98. The van der Waals surface area contributed by atoms with Crippen LogP contribution in [0.3, 0.4) is 0 Å². The van der Waals surface area contributed by atoms with Crippen LogP contribution in [-0.2, 0) is 4.79 Å². The number of carbonyl (C=O) groups excluding carboxylic acids is 1. The largest absolute Gasteiger partial charge is 0.484 e. The minimum absolute atomic E-state index is 0.138. The Kier molecular flexibility index (Phi) is 3.04. The lowest BCUT2D eigenvalue weighted by atomic mass is 10.2. The summed E-state index contributed by atoms with van der Waals surface area (Å²) in [6.45, 7) is 1.58. The van der Waals surface area contributed by atoms with Crippen LogP contribution in [0.2, 0.25) is 0 Å². The van der Waals surface area contributed by atoms with Crippen LogP contribution in [0.1, 0.15) is 5.89 Å². The van der Waals surface area contributed by atoms with Gasteiger partial charge < -0.3 is 15.0 Å². The molecule has 6 nitrogen and oxygen atoms in total. The first-order valence-corrected chi connectivity index (χ1v) is 4.97. The molecule has 2 aromatic rings. The van der Waals surface area contributed by atoms with Gasteiger partial charge in [0.15, 0.2) is 6.61 Å². The molecule has 2 N–H and O–H groups in total. The third-order valence-corrected chi connectivity index (χ3v) is 2.02. The summed E-state index contributed by atoms with van der Waals surface area (Å²) in [5, 5.41) is 3.79. The van der Waals surface area contributed by atoms with E-state index in [1.54, 1.807) is 31.2 Å². The van der Waals surface area contributed by atoms with E-state index < -0.39 is 5.91 Å². The lowest BCUT2D eigenvalue weighted by molar-refractivity contribution is -0.119. The first-order valence-electron chi connectivity index (χ1n) is 4.97. The van der Waals surface area contributed by atoms with E-state index in [1.165, 1.54) is 0 Å². The zero-order chi connectivity index (χ0) is 12.3. The number of nitrogens with zero attached hydrogens (tertiary/aromatic N) is 2. The second kappa shape index (κ2) is 4.65. The minimum atomic E-state index is -0.511. The quantitative estimate of drug-likeness (QED) is 0.847. The Hall–Kier alpha value is -2.37. The number of amides is 1. The molecule has 0 saturated carbocycles. The van der Waals surface area contributed by atoms with Crippen LogP contribution in [0, 0.1) is 6.92 Å². The number of primary amides is 1. The molecule has 17 heavy (non-hydrogen) atoms. The highest BCUT2D eigenvalue weighted by Crippen LogP contribution is 2.19. The molecular weight excluding hydrogens is 222 g/mol. The van der Waals surface area contributed by atoms with Crippen molar-refractivity contribution < 1.29 is 14.1 Å². The van der Waals surface area contributed by atoms with Crippen LogP contribution in [0.15, 0.2) is 28.8 Å². The van der Waals surface area contributed by atoms with E-state index in [0.29, 0.717) is 17.5 Å². The Labute approximate surface area is 97.4 Å². The van der Waals surface area contributed by atoms with Gasteiger partial charge in [-0.05, 0) is 24.3 Å². The molecule has 0 aliphatic carbocycles. The van der Waals surface area contributed by atoms with Crippen molar-refractivity contribution in [1.82, 2.24) is 10.1 Å². The summed E-state index contributed by atoms with van der Waals surface area (Å²) in [6.07, 6.45) is 0. The van der Waals surface area contributed by atoms with Crippen molar-refractivity contribution in [2.24, 2.45) is 5.73 Å². The first kappa shape index (κ1) is 11.1. The van der Waals surface area contributed by atoms with Gasteiger partial charge in [0.25, 0.3) is 5.91 Å². The summed E-state index contributed by atoms with van der Waals surface area (Å²) >= 11 is 0. The predicted octanol–water partition coefficient (Wildman–Crippen LogP) is 0.909. The van der Waals surface area contributed by atoms with Gasteiger partial charge in [-0.1, -0.05) is 5.16 Å². The zero-order valence-corrected chi connectivity index (χ0v) is 9.21. The fraction of sp³-hybridized carbons (Fsp3) is 0.182. The Bertz CT molecular complexity index is 519. The molecule has 0 aliphatic rings. The highest BCUT2D eigenvalue weighted by atomic mass is 16.5. The molecule has 0 bridgehead atoms. The summed E-state index contributed by atoms with van der Waals surface area (Å²) in [7, 11) is 0. The lowest BCUT2D eigenvalue weighted by Crippen LogP contribution is -2.19. The maximum Gasteiger partial charge on any atom is 0.255 e. The number of ether oxygens (including phenoxy) is 1. The predicted molar refractivity (Wildman–Crippen MR) is 59.2 cm³/mol. The zero-order valence-electron chi connectivity index (χ0n) is 9.21. The number of benzene rings is 1. The van der Waals surface area contributed by atoms with Gasteiger partial charge in [0.1, 0.15) is 5.75 Å². The number of rotatable bonds is 4. The normalized spacial score (nSPS) is 10.2. The van der Waals surface area contributed by atoms with Crippen LogP contribution in [-0.4, -0.2) is 22.7 Å². The van der Waals surface area contributed by atoms with E-state index in [1.807, 2.05) is 0 Å². The van der Waals surface area contributed by atoms with Gasteiger partial charge in [0.2, 0.25) is 11.7 Å². The van der Waals surface area contributed by atoms with E-state index in [-0.39, 0.29) is 6.61 Å². The van der Waals surface area contributed by atoms with Crippen molar-refractivity contribution in [3.63, 3.8) is 0 Å². The fourth-order valence-electron chi connectivity index (χ4n) is 1.27. The molecule has 88 valence electrons. The van der Waals surface area contributed by atoms with E-state index in [9.17, 15) is 4.79 Å². The standard InChI is InChI=1S/C11H11N3O3/c1-7-13-11(14-17-7)8-2-4-9(5-3-8)16-6-10(12)15/h2-5H,6H2,1H3,(H2,12,15). The number of aryl methyl sites for hydroxylation is 1. The topological polar surface area (TPSA) is 91.2 Å². The summed E-state index contributed by atoms with van der Waals surface area (Å²) in [5.74, 6) is 1.08.